The Kier molecular flexibility index (Phi) is 5.17. The number of hydrogen-bond donors (Lipinski definition) is 0. The Morgan fingerprint density at radius 2 is 1.84 bits per heavy atom. The molecule has 0 unspecified atom stereocenters. The van der Waals surface area contributed by atoms with Gasteiger partial charge in [-0.05, 0) is 32.0 Å². The van der Waals surface area contributed by atoms with Gasteiger partial charge < -0.3 is 22.6 Å². The number of ether oxygens (including phenoxy) is 1. The molecule has 0 atom stereocenters. The summed E-state index contributed by atoms with van der Waals surface area (Å²) >= 11 is 0. The maximum atomic E-state index is 13.0. The average Bonchev–Trinajstić information content (AvgIpc) is 2.12. The van der Waals surface area contributed by atoms with Crippen molar-refractivity contribution in [3.63, 3.8) is 0 Å². The van der Waals surface area contributed by atoms with E-state index in [1.807, 2.05) is 0 Å². The molecule has 2 bridgehead atoms. The van der Waals surface area contributed by atoms with Crippen LogP contribution in [-0.4, -0.2) is 36.7 Å². The zero-order valence-electron chi connectivity index (χ0n) is 11.9. The molecule has 2 heterocycles. The second kappa shape index (κ2) is 5.51. The first-order valence-electron chi connectivity index (χ1n) is 6.20. The first-order valence-corrected chi connectivity index (χ1v) is 6.20. The van der Waals surface area contributed by atoms with E-state index in [0.717, 1.165) is 0 Å². The molecule has 8 heteroatoms. The zero-order valence-corrected chi connectivity index (χ0v) is 15.0. The van der Waals surface area contributed by atoms with Crippen LogP contribution in [0.5, 0.6) is 0 Å². The molecule has 3 nitrogen and oxygen atoms in total. The fourth-order valence-electron chi connectivity index (χ4n) is 2.94. The Morgan fingerprint density at radius 1 is 1.32 bits per heavy atom. The van der Waals surface area contributed by atoms with E-state index in [4.69, 9.17) is 4.74 Å². The van der Waals surface area contributed by atoms with Gasteiger partial charge in [0.25, 0.3) is 0 Å². The molecule has 1 saturated carbocycles. The molecule has 0 spiro atoms. The minimum absolute atomic E-state index is 0. The van der Waals surface area contributed by atoms with Crippen LogP contribution < -0.4 is 51.4 Å². The summed E-state index contributed by atoms with van der Waals surface area (Å²) in [5, 5.41) is -1.63. The van der Waals surface area contributed by atoms with Crippen molar-refractivity contribution in [3.05, 3.63) is 0 Å². The van der Waals surface area contributed by atoms with Crippen molar-refractivity contribution in [3.8, 4) is 0 Å². The Bertz CT molecular complexity index is 364. The number of piperidine rings is 2. The second-order valence-corrected chi connectivity index (χ2v) is 6.57. The molecule has 2 aliphatic heterocycles. The maximum Gasteiger partial charge on any atom is 1.00 e. The standard InChI is InChI=1S/C11H18BF3NO2.K/c1-10(2,3)18-9(17)16-6-8-4-11(5-8,7-16)12(13,14)15;/h8H,4-7H2,1-3H3;/q-1;+1. The van der Waals surface area contributed by atoms with E-state index in [9.17, 15) is 17.7 Å². The number of carbonyl (C=O) groups excluding carboxylic acids is 1. The number of halogens is 3. The molecular weight excluding hydrogens is 285 g/mol. The van der Waals surface area contributed by atoms with Crippen molar-refractivity contribution in [1.82, 2.24) is 4.90 Å². The average molecular weight is 303 g/mol. The zero-order chi connectivity index (χ0) is 13.8. The Balaban J connectivity index is 0.00000180. The van der Waals surface area contributed by atoms with Gasteiger partial charge in [0, 0.05) is 13.1 Å². The summed E-state index contributed by atoms with van der Waals surface area (Å²) in [7, 11) is 0. The SMILES string of the molecule is CC(C)(C)OC(=O)N1CC2CC([B-](F)(F)F)(C2)C1.[K+]. The van der Waals surface area contributed by atoms with Gasteiger partial charge in [0.05, 0.1) is 0 Å². The molecule has 0 aromatic carbocycles. The van der Waals surface area contributed by atoms with Gasteiger partial charge in [0.2, 0.25) is 0 Å². The number of carbonyl (C=O) groups is 1. The number of fused-ring (bicyclic) bond motifs is 2. The van der Waals surface area contributed by atoms with E-state index in [1.165, 1.54) is 4.90 Å². The van der Waals surface area contributed by atoms with Crippen LogP contribution in [-0.2, 0) is 4.74 Å². The van der Waals surface area contributed by atoms with E-state index in [0.29, 0.717) is 6.54 Å². The number of hydrogen-bond acceptors (Lipinski definition) is 2. The van der Waals surface area contributed by atoms with Gasteiger partial charge in [-0.15, -0.1) is 0 Å². The molecule has 3 fully saturated rings. The first-order chi connectivity index (χ1) is 8.02. The molecule has 0 aromatic rings. The monoisotopic (exact) mass is 303 g/mol. The fraction of sp³-hybridized carbons (Fsp3) is 0.909. The molecule has 0 radical (unpaired) electrons. The van der Waals surface area contributed by atoms with Crippen LogP contribution in [0, 0.1) is 5.92 Å². The van der Waals surface area contributed by atoms with Crippen LogP contribution in [0.15, 0.2) is 0 Å². The molecular formula is C11H18BF3KNO2. The van der Waals surface area contributed by atoms with Crippen LogP contribution in [0.25, 0.3) is 0 Å². The molecule has 1 aliphatic carbocycles. The van der Waals surface area contributed by atoms with E-state index < -0.39 is 24.0 Å². The molecule has 19 heavy (non-hydrogen) atoms. The van der Waals surface area contributed by atoms with Crippen LogP contribution in [0.2, 0.25) is 5.31 Å². The van der Waals surface area contributed by atoms with Crippen LogP contribution in [0.1, 0.15) is 33.6 Å². The third-order valence-electron chi connectivity index (χ3n) is 3.72. The number of nitrogens with zero attached hydrogens (tertiary/aromatic N) is 1. The Morgan fingerprint density at radius 3 is 2.26 bits per heavy atom. The Labute approximate surface area is 154 Å². The van der Waals surface area contributed by atoms with Gasteiger partial charge in [-0.2, -0.15) is 0 Å². The van der Waals surface area contributed by atoms with Crippen LogP contribution >= 0.6 is 0 Å². The first kappa shape index (κ1) is 17.8. The molecule has 1 amide bonds. The van der Waals surface area contributed by atoms with E-state index in [1.54, 1.807) is 20.8 Å². The van der Waals surface area contributed by atoms with E-state index in [-0.39, 0.29) is 76.7 Å². The number of rotatable bonds is 1. The van der Waals surface area contributed by atoms with Crippen LogP contribution in [0.4, 0.5) is 17.7 Å². The largest absolute Gasteiger partial charge is 1.00 e. The van der Waals surface area contributed by atoms with Crippen molar-refractivity contribution in [2.24, 2.45) is 5.92 Å². The fourth-order valence-corrected chi connectivity index (χ4v) is 2.94. The minimum atomic E-state index is -4.90. The van der Waals surface area contributed by atoms with Gasteiger partial charge in [-0.3, -0.25) is 0 Å². The summed E-state index contributed by atoms with van der Waals surface area (Å²) in [4.78, 5) is 13.0. The van der Waals surface area contributed by atoms with E-state index in [2.05, 4.69) is 0 Å². The summed E-state index contributed by atoms with van der Waals surface area (Å²) < 4.78 is 44.2. The van der Waals surface area contributed by atoms with Crippen molar-refractivity contribution in [2.45, 2.75) is 44.5 Å². The summed E-state index contributed by atoms with van der Waals surface area (Å²) in [6, 6.07) is 0. The summed E-state index contributed by atoms with van der Waals surface area (Å²) in [6.45, 7) is 0.382. The molecule has 2 saturated heterocycles. The topological polar surface area (TPSA) is 29.5 Å². The van der Waals surface area contributed by atoms with Crippen LogP contribution in [0.3, 0.4) is 0 Å². The summed E-state index contributed by atoms with van der Waals surface area (Å²) in [6.07, 6.45) is -0.276. The summed E-state index contributed by atoms with van der Waals surface area (Å²) in [5.74, 6) is -0.0187. The van der Waals surface area contributed by atoms with Gasteiger partial charge in [-0.1, -0.05) is 12.8 Å². The van der Waals surface area contributed by atoms with Crippen molar-refractivity contribution in [2.75, 3.05) is 13.1 Å². The molecule has 104 valence electrons. The third-order valence-corrected chi connectivity index (χ3v) is 3.72. The van der Waals surface area contributed by atoms with Gasteiger partial charge in [0.1, 0.15) is 5.60 Å². The van der Waals surface area contributed by atoms with Crippen molar-refractivity contribution in [1.29, 1.82) is 0 Å². The molecule has 3 rings (SSSR count). The predicted molar refractivity (Wildman–Crippen MR) is 62.3 cm³/mol. The van der Waals surface area contributed by atoms with E-state index >= 15 is 0 Å². The Hall–Kier alpha value is 0.761. The smallest absolute Gasteiger partial charge is 0.448 e. The molecule has 0 aromatic heterocycles. The molecule has 3 aliphatic rings. The normalized spacial score (nSPS) is 30.2. The van der Waals surface area contributed by atoms with Gasteiger partial charge in [-0.25, -0.2) is 4.79 Å². The van der Waals surface area contributed by atoms with Crippen molar-refractivity contribution < 1.29 is 73.9 Å². The quantitative estimate of drug-likeness (QED) is 0.650. The van der Waals surface area contributed by atoms with Gasteiger partial charge >= 0.3 is 64.5 Å². The summed E-state index contributed by atoms with van der Waals surface area (Å²) in [5.41, 5.74) is -0.671. The third kappa shape index (κ3) is 3.70. The second-order valence-electron chi connectivity index (χ2n) is 6.57. The number of amides is 1. The molecule has 0 N–H and O–H groups in total. The van der Waals surface area contributed by atoms with Gasteiger partial charge in [0.15, 0.2) is 0 Å². The predicted octanol–water partition coefficient (Wildman–Crippen LogP) is 0.239. The minimum Gasteiger partial charge on any atom is -0.448 e. The van der Waals surface area contributed by atoms with Crippen molar-refractivity contribution >= 4 is 13.1 Å². The maximum absolute atomic E-state index is 13.0.